The van der Waals surface area contributed by atoms with Crippen molar-refractivity contribution in [2.24, 2.45) is 0 Å². The van der Waals surface area contributed by atoms with Crippen LogP contribution in [0.25, 0.3) is 5.57 Å². The zero-order valence-electron chi connectivity index (χ0n) is 9.45. The lowest BCUT2D eigenvalue weighted by Gasteiger charge is -2.11. The molecular weight excluding hydrogens is 300 g/mol. The second-order valence-electron chi connectivity index (χ2n) is 3.81. The van der Waals surface area contributed by atoms with Gasteiger partial charge >= 0.3 is 0 Å². The minimum absolute atomic E-state index is 0.526. The van der Waals surface area contributed by atoms with Crippen LogP contribution >= 0.6 is 27.5 Å². The molecule has 4 heteroatoms. The van der Waals surface area contributed by atoms with Crippen LogP contribution in [0.2, 0.25) is 5.15 Å². The third-order valence-electron chi connectivity index (χ3n) is 2.61. The van der Waals surface area contributed by atoms with Gasteiger partial charge in [0.05, 0.1) is 0 Å². The van der Waals surface area contributed by atoms with Gasteiger partial charge < -0.3 is 0 Å². The second kappa shape index (κ2) is 5.61. The van der Waals surface area contributed by atoms with Crippen LogP contribution in [0.5, 0.6) is 0 Å². The summed E-state index contributed by atoms with van der Waals surface area (Å²) >= 11 is 9.63. The fourth-order valence-electron chi connectivity index (χ4n) is 1.77. The van der Waals surface area contributed by atoms with Crippen molar-refractivity contribution >= 4 is 33.1 Å². The molecule has 0 amide bonds. The Kier molecular flexibility index (Phi) is 4.13. The van der Waals surface area contributed by atoms with Crippen molar-refractivity contribution in [1.82, 2.24) is 9.97 Å². The molecule has 88 valence electrons. The Balaban J connectivity index is 2.46. The largest absolute Gasteiger partial charge is 0.241 e. The Morgan fingerprint density at radius 1 is 1.29 bits per heavy atom. The van der Waals surface area contributed by atoms with Gasteiger partial charge in [0, 0.05) is 15.7 Å². The van der Waals surface area contributed by atoms with Crippen molar-refractivity contribution in [2.45, 2.75) is 19.8 Å². The van der Waals surface area contributed by atoms with E-state index >= 15 is 0 Å². The first-order chi connectivity index (χ1) is 8.18. The minimum Gasteiger partial charge on any atom is -0.241 e. The monoisotopic (exact) mass is 310 g/mol. The second-order valence-corrected chi connectivity index (χ2v) is 5.08. The van der Waals surface area contributed by atoms with E-state index in [4.69, 9.17) is 11.6 Å². The Hall–Kier alpha value is -0.930. The van der Waals surface area contributed by atoms with Crippen molar-refractivity contribution in [2.75, 3.05) is 0 Å². The molecule has 1 heterocycles. The zero-order valence-corrected chi connectivity index (χ0v) is 11.8. The number of allylic oxidation sites excluding steroid dienone is 6. The van der Waals surface area contributed by atoms with E-state index in [1.165, 1.54) is 11.9 Å². The highest BCUT2D eigenvalue weighted by molar-refractivity contribution is 9.11. The number of nitrogens with zero attached hydrogens (tertiary/aromatic N) is 2. The molecule has 17 heavy (non-hydrogen) atoms. The van der Waals surface area contributed by atoms with E-state index < -0.39 is 0 Å². The molecular formula is C13H12BrClN2. The van der Waals surface area contributed by atoms with E-state index in [0.29, 0.717) is 5.15 Å². The van der Waals surface area contributed by atoms with Gasteiger partial charge in [-0.1, -0.05) is 45.8 Å². The summed E-state index contributed by atoms with van der Waals surface area (Å²) in [5.41, 5.74) is 3.06. The van der Waals surface area contributed by atoms with Crippen molar-refractivity contribution in [3.63, 3.8) is 0 Å². The molecule has 1 aromatic rings. The summed E-state index contributed by atoms with van der Waals surface area (Å²) in [6, 6.07) is 0. The van der Waals surface area contributed by atoms with Gasteiger partial charge in [0.15, 0.2) is 0 Å². The maximum atomic E-state index is 6.15. The van der Waals surface area contributed by atoms with E-state index in [2.05, 4.69) is 44.1 Å². The first-order valence-electron chi connectivity index (χ1n) is 5.39. The van der Waals surface area contributed by atoms with Gasteiger partial charge in [-0.2, -0.15) is 0 Å². The molecule has 1 aliphatic rings. The molecule has 1 aliphatic carbocycles. The van der Waals surface area contributed by atoms with Crippen LogP contribution in [0, 0.1) is 6.92 Å². The van der Waals surface area contributed by atoms with Crippen LogP contribution in [0.1, 0.15) is 24.1 Å². The molecule has 0 fully saturated rings. The lowest BCUT2D eigenvalue weighted by Crippen LogP contribution is -1.96. The highest BCUT2D eigenvalue weighted by Gasteiger charge is 2.11. The molecule has 0 unspecified atom stereocenters. The third kappa shape index (κ3) is 3.05. The highest BCUT2D eigenvalue weighted by atomic mass is 79.9. The number of hydrogen-bond acceptors (Lipinski definition) is 2. The lowest BCUT2D eigenvalue weighted by atomic mass is 9.99. The standard InChI is InChI=1S/C13H12BrClN2/c1-9-12(13(15)17-8-16-9)10-4-2-3-5-11(14)7-6-10/h3,5-8H,2,4H2,1H3/b5-3?,10-6+,11-7+. The predicted octanol–water partition coefficient (Wildman–Crippen LogP) is 4.45. The van der Waals surface area contributed by atoms with Gasteiger partial charge in [-0.15, -0.1) is 0 Å². The van der Waals surface area contributed by atoms with E-state index in [0.717, 1.165) is 28.6 Å². The first kappa shape index (κ1) is 12.5. The molecule has 0 saturated carbocycles. The number of aromatic nitrogens is 2. The van der Waals surface area contributed by atoms with Crippen molar-refractivity contribution in [3.05, 3.63) is 51.5 Å². The average Bonchev–Trinajstić information content (AvgIpc) is 2.27. The Morgan fingerprint density at radius 3 is 2.88 bits per heavy atom. The van der Waals surface area contributed by atoms with Gasteiger partial charge in [-0.3, -0.25) is 0 Å². The first-order valence-corrected chi connectivity index (χ1v) is 6.56. The summed E-state index contributed by atoms with van der Waals surface area (Å²) in [6.07, 6.45) is 11.7. The van der Waals surface area contributed by atoms with Gasteiger partial charge in [-0.25, -0.2) is 9.97 Å². The minimum atomic E-state index is 0.526. The van der Waals surface area contributed by atoms with Crippen molar-refractivity contribution in [3.8, 4) is 0 Å². The van der Waals surface area contributed by atoms with Gasteiger partial charge in [0.2, 0.25) is 0 Å². The molecule has 0 aromatic carbocycles. The summed E-state index contributed by atoms with van der Waals surface area (Å²) < 4.78 is 1.06. The van der Waals surface area contributed by atoms with E-state index in [9.17, 15) is 0 Å². The molecule has 1 aromatic heterocycles. The molecule has 0 bridgehead atoms. The van der Waals surface area contributed by atoms with E-state index in [-0.39, 0.29) is 0 Å². The average molecular weight is 312 g/mol. The summed E-state index contributed by atoms with van der Waals surface area (Å²) in [7, 11) is 0. The summed E-state index contributed by atoms with van der Waals surface area (Å²) in [5, 5.41) is 0.526. The number of halogens is 2. The van der Waals surface area contributed by atoms with Crippen molar-refractivity contribution in [1.29, 1.82) is 0 Å². The summed E-state index contributed by atoms with van der Waals surface area (Å²) in [6.45, 7) is 1.96. The van der Waals surface area contributed by atoms with Gasteiger partial charge in [-0.05, 0) is 31.4 Å². The fraction of sp³-hybridized carbons (Fsp3) is 0.231. The van der Waals surface area contributed by atoms with E-state index in [1.807, 2.05) is 13.0 Å². The SMILES string of the molecule is Cc1ncnc(Cl)c1/C1=C/C=C(/Br)C=CCC1. The number of aryl methyl sites for hydroxylation is 1. The molecule has 0 N–H and O–H groups in total. The van der Waals surface area contributed by atoms with Crippen LogP contribution in [-0.2, 0) is 0 Å². The maximum absolute atomic E-state index is 6.15. The number of hydrogen-bond donors (Lipinski definition) is 0. The Bertz CT molecular complexity index is 498. The molecule has 2 nitrogen and oxygen atoms in total. The molecule has 0 atom stereocenters. The zero-order chi connectivity index (χ0) is 12.3. The summed E-state index contributed by atoms with van der Waals surface area (Å²) in [5.74, 6) is 0. The third-order valence-corrected chi connectivity index (χ3v) is 3.43. The molecule has 0 spiro atoms. The lowest BCUT2D eigenvalue weighted by molar-refractivity contribution is 1.03. The smallest absolute Gasteiger partial charge is 0.140 e. The van der Waals surface area contributed by atoms with Gasteiger partial charge in [0.1, 0.15) is 11.5 Å². The Morgan fingerprint density at radius 2 is 2.12 bits per heavy atom. The van der Waals surface area contributed by atoms with Crippen molar-refractivity contribution < 1.29 is 0 Å². The summed E-state index contributed by atoms with van der Waals surface area (Å²) in [4.78, 5) is 8.25. The van der Waals surface area contributed by atoms with Gasteiger partial charge in [0.25, 0.3) is 0 Å². The Labute approximate surface area is 114 Å². The van der Waals surface area contributed by atoms with Crippen LogP contribution in [-0.4, -0.2) is 9.97 Å². The topological polar surface area (TPSA) is 25.8 Å². The molecule has 0 aliphatic heterocycles. The molecule has 2 rings (SSSR count). The predicted molar refractivity (Wildman–Crippen MR) is 75.1 cm³/mol. The number of rotatable bonds is 1. The van der Waals surface area contributed by atoms with Crippen LogP contribution in [0.4, 0.5) is 0 Å². The van der Waals surface area contributed by atoms with Crippen LogP contribution in [0.3, 0.4) is 0 Å². The van der Waals surface area contributed by atoms with Crippen LogP contribution < -0.4 is 0 Å². The van der Waals surface area contributed by atoms with E-state index in [1.54, 1.807) is 0 Å². The maximum Gasteiger partial charge on any atom is 0.140 e. The normalized spacial score (nSPS) is 22.1. The van der Waals surface area contributed by atoms with Crippen LogP contribution in [0.15, 0.2) is 35.1 Å². The highest BCUT2D eigenvalue weighted by Crippen LogP contribution is 2.29. The quantitative estimate of drug-likeness (QED) is 0.716. The molecule has 0 radical (unpaired) electrons. The fourth-order valence-corrected chi connectivity index (χ4v) is 2.39. The molecule has 0 saturated heterocycles.